The van der Waals surface area contributed by atoms with Crippen molar-refractivity contribution in [3.63, 3.8) is 0 Å². The number of rotatable bonds is 5. The highest BCUT2D eigenvalue weighted by atomic mass is 35.5. The van der Waals surface area contributed by atoms with Crippen molar-refractivity contribution in [2.24, 2.45) is 5.92 Å². The third-order valence-electron chi connectivity index (χ3n) is 4.82. The summed E-state index contributed by atoms with van der Waals surface area (Å²) in [7, 11) is 0. The summed E-state index contributed by atoms with van der Waals surface area (Å²) in [4.78, 5) is 12.5. The Kier molecular flexibility index (Phi) is 4.51. The van der Waals surface area contributed by atoms with E-state index in [0.717, 1.165) is 49.5 Å². The molecule has 0 bridgehead atoms. The average molecular weight is 307 g/mol. The van der Waals surface area contributed by atoms with Gasteiger partial charge in [0.1, 0.15) is 0 Å². The molecule has 1 unspecified atom stereocenters. The van der Waals surface area contributed by atoms with Gasteiger partial charge in [0.2, 0.25) is 5.91 Å². The SMILES string of the molecule is O=C(NCCC1CCCNC1)C1(c2ccc(Cl)cc2)CC1. The van der Waals surface area contributed by atoms with Crippen molar-refractivity contribution >= 4 is 17.5 Å². The third kappa shape index (κ3) is 3.41. The van der Waals surface area contributed by atoms with E-state index in [1.165, 1.54) is 12.8 Å². The van der Waals surface area contributed by atoms with Crippen molar-refractivity contribution in [2.45, 2.75) is 37.5 Å². The van der Waals surface area contributed by atoms with E-state index in [1.807, 2.05) is 24.3 Å². The van der Waals surface area contributed by atoms with Crippen molar-refractivity contribution in [3.8, 4) is 0 Å². The molecule has 1 aliphatic carbocycles. The molecule has 3 rings (SSSR count). The predicted molar refractivity (Wildman–Crippen MR) is 85.6 cm³/mol. The second-order valence-electron chi connectivity index (χ2n) is 6.35. The quantitative estimate of drug-likeness (QED) is 0.878. The Morgan fingerprint density at radius 1 is 1.33 bits per heavy atom. The molecule has 0 radical (unpaired) electrons. The van der Waals surface area contributed by atoms with Crippen LogP contribution >= 0.6 is 11.6 Å². The molecule has 1 aliphatic heterocycles. The first-order chi connectivity index (χ1) is 10.2. The summed E-state index contributed by atoms with van der Waals surface area (Å²) in [5.74, 6) is 0.901. The molecule has 0 aromatic heterocycles. The van der Waals surface area contributed by atoms with Crippen LogP contribution in [0.2, 0.25) is 5.02 Å². The van der Waals surface area contributed by atoms with Crippen molar-refractivity contribution in [3.05, 3.63) is 34.9 Å². The number of nitrogens with one attached hydrogen (secondary N) is 2. The fourth-order valence-electron chi connectivity index (χ4n) is 3.27. The Hall–Kier alpha value is -1.06. The highest BCUT2D eigenvalue weighted by molar-refractivity contribution is 6.30. The number of carbonyl (C=O) groups is 1. The molecule has 1 heterocycles. The number of piperidine rings is 1. The number of halogens is 1. The molecular weight excluding hydrogens is 284 g/mol. The summed E-state index contributed by atoms with van der Waals surface area (Å²) >= 11 is 5.92. The van der Waals surface area contributed by atoms with Crippen LogP contribution < -0.4 is 10.6 Å². The van der Waals surface area contributed by atoms with Gasteiger partial charge in [0.25, 0.3) is 0 Å². The smallest absolute Gasteiger partial charge is 0.230 e. The van der Waals surface area contributed by atoms with Crippen molar-refractivity contribution < 1.29 is 4.79 Å². The Labute approximate surface area is 131 Å². The number of hydrogen-bond donors (Lipinski definition) is 2. The van der Waals surface area contributed by atoms with E-state index in [0.29, 0.717) is 5.92 Å². The normalized spacial score (nSPS) is 23.6. The molecule has 2 N–H and O–H groups in total. The fraction of sp³-hybridized carbons (Fsp3) is 0.588. The van der Waals surface area contributed by atoms with Gasteiger partial charge in [-0.05, 0) is 68.8 Å². The Bertz CT molecular complexity index is 490. The molecule has 3 nitrogen and oxygen atoms in total. The van der Waals surface area contributed by atoms with Crippen LogP contribution in [0.3, 0.4) is 0 Å². The van der Waals surface area contributed by atoms with Gasteiger partial charge < -0.3 is 10.6 Å². The molecular formula is C17H23ClN2O. The first kappa shape index (κ1) is 14.9. The Morgan fingerprint density at radius 3 is 2.71 bits per heavy atom. The van der Waals surface area contributed by atoms with Gasteiger partial charge >= 0.3 is 0 Å². The number of carbonyl (C=O) groups excluding carboxylic acids is 1. The predicted octanol–water partition coefficient (Wildman–Crippen LogP) is 2.88. The molecule has 21 heavy (non-hydrogen) atoms. The van der Waals surface area contributed by atoms with E-state index >= 15 is 0 Å². The Morgan fingerprint density at radius 2 is 2.10 bits per heavy atom. The summed E-state index contributed by atoms with van der Waals surface area (Å²) in [5, 5.41) is 7.29. The summed E-state index contributed by atoms with van der Waals surface area (Å²) in [5.41, 5.74) is 0.818. The minimum Gasteiger partial charge on any atom is -0.355 e. The number of amides is 1. The maximum Gasteiger partial charge on any atom is 0.230 e. The van der Waals surface area contributed by atoms with Gasteiger partial charge in [-0.25, -0.2) is 0 Å². The molecule has 1 aromatic carbocycles. The molecule has 1 amide bonds. The summed E-state index contributed by atoms with van der Waals surface area (Å²) in [6.07, 6.45) is 5.52. The van der Waals surface area contributed by atoms with Crippen molar-refractivity contribution in [1.82, 2.24) is 10.6 Å². The standard InChI is InChI=1S/C17H23ClN2O/c18-15-5-3-14(4-6-15)17(8-9-17)16(21)20-11-7-13-2-1-10-19-12-13/h3-6,13,19H,1-2,7-12H2,(H,20,21). The lowest BCUT2D eigenvalue weighted by Crippen LogP contribution is -2.37. The minimum absolute atomic E-state index is 0.189. The highest BCUT2D eigenvalue weighted by Crippen LogP contribution is 2.48. The molecule has 1 aromatic rings. The van der Waals surface area contributed by atoms with E-state index in [-0.39, 0.29) is 11.3 Å². The van der Waals surface area contributed by atoms with Gasteiger partial charge in [-0.1, -0.05) is 23.7 Å². The largest absolute Gasteiger partial charge is 0.355 e. The van der Waals surface area contributed by atoms with Crippen LogP contribution in [-0.2, 0) is 10.2 Å². The zero-order valence-corrected chi connectivity index (χ0v) is 13.1. The van der Waals surface area contributed by atoms with Crippen LogP contribution in [0, 0.1) is 5.92 Å². The first-order valence-electron chi connectivity index (χ1n) is 7.96. The van der Waals surface area contributed by atoms with Crippen LogP contribution in [0.25, 0.3) is 0 Å². The second-order valence-corrected chi connectivity index (χ2v) is 6.78. The molecule has 2 aliphatic rings. The summed E-state index contributed by atoms with van der Waals surface area (Å²) in [6, 6.07) is 7.72. The van der Waals surface area contributed by atoms with Crippen LogP contribution in [0.5, 0.6) is 0 Å². The monoisotopic (exact) mass is 306 g/mol. The number of benzene rings is 1. The van der Waals surface area contributed by atoms with E-state index in [9.17, 15) is 4.79 Å². The van der Waals surface area contributed by atoms with Crippen LogP contribution in [0.1, 0.15) is 37.7 Å². The maximum absolute atomic E-state index is 12.5. The second kappa shape index (κ2) is 6.37. The van der Waals surface area contributed by atoms with E-state index < -0.39 is 0 Å². The molecule has 4 heteroatoms. The zero-order chi connectivity index (χ0) is 14.7. The Balaban J connectivity index is 1.51. The van der Waals surface area contributed by atoms with E-state index in [2.05, 4.69) is 10.6 Å². The summed E-state index contributed by atoms with van der Waals surface area (Å²) in [6.45, 7) is 3.03. The molecule has 2 fully saturated rings. The molecule has 114 valence electrons. The van der Waals surface area contributed by atoms with Gasteiger partial charge in [0, 0.05) is 11.6 Å². The van der Waals surface area contributed by atoms with E-state index in [4.69, 9.17) is 11.6 Å². The van der Waals surface area contributed by atoms with Gasteiger partial charge in [0.05, 0.1) is 5.41 Å². The lowest BCUT2D eigenvalue weighted by atomic mass is 9.94. The molecule has 0 spiro atoms. The van der Waals surface area contributed by atoms with Gasteiger partial charge in [-0.3, -0.25) is 4.79 Å². The van der Waals surface area contributed by atoms with Crippen molar-refractivity contribution in [2.75, 3.05) is 19.6 Å². The molecule has 1 saturated heterocycles. The highest BCUT2D eigenvalue weighted by Gasteiger charge is 2.50. The summed E-state index contributed by atoms with van der Waals surface area (Å²) < 4.78 is 0. The lowest BCUT2D eigenvalue weighted by Gasteiger charge is -2.23. The van der Waals surface area contributed by atoms with Crippen molar-refractivity contribution in [1.29, 1.82) is 0 Å². The average Bonchev–Trinajstić information content (AvgIpc) is 3.31. The van der Waals surface area contributed by atoms with Crippen LogP contribution in [-0.4, -0.2) is 25.5 Å². The number of hydrogen-bond acceptors (Lipinski definition) is 2. The van der Waals surface area contributed by atoms with Crippen LogP contribution in [0.15, 0.2) is 24.3 Å². The fourth-order valence-corrected chi connectivity index (χ4v) is 3.40. The van der Waals surface area contributed by atoms with Crippen LogP contribution in [0.4, 0.5) is 0 Å². The van der Waals surface area contributed by atoms with Gasteiger partial charge in [-0.2, -0.15) is 0 Å². The van der Waals surface area contributed by atoms with E-state index in [1.54, 1.807) is 0 Å². The zero-order valence-electron chi connectivity index (χ0n) is 12.3. The molecule has 1 atom stereocenters. The first-order valence-corrected chi connectivity index (χ1v) is 8.33. The minimum atomic E-state index is -0.282. The molecule has 1 saturated carbocycles. The maximum atomic E-state index is 12.5. The van der Waals surface area contributed by atoms with Gasteiger partial charge in [-0.15, -0.1) is 0 Å². The lowest BCUT2D eigenvalue weighted by molar-refractivity contribution is -0.123. The topological polar surface area (TPSA) is 41.1 Å². The van der Waals surface area contributed by atoms with Gasteiger partial charge in [0.15, 0.2) is 0 Å². The third-order valence-corrected chi connectivity index (χ3v) is 5.07.